The third-order valence-corrected chi connectivity index (χ3v) is 4.56. The molecule has 0 aliphatic heterocycles. The Morgan fingerprint density at radius 2 is 1.87 bits per heavy atom. The molecule has 0 fully saturated rings. The van der Waals surface area contributed by atoms with E-state index in [9.17, 15) is 27.3 Å². The number of halogens is 2. The van der Waals surface area contributed by atoms with Gasteiger partial charge in [-0.1, -0.05) is 0 Å². The molecule has 0 spiro atoms. The van der Waals surface area contributed by atoms with Gasteiger partial charge in [-0.05, 0) is 30.7 Å². The summed E-state index contributed by atoms with van der Waals surface area (Å²) in [6.07, 6.45) is 0. The lowest BCUT2D eigenvalue weighted by molar-refractivity contribution is -0.385. The number of nitrogens with one attached hydrogen (secondary N) is 1. The van der Waals surface area contributed by atoms with Gasteiger partial charge in [0.05, 0.1) is 15.5 Å². The molecule has 0 atom stereocenters. The Balaban J connectivity index is 2.44. The Bertz CT molecular complexity index is 900. The number of sulfonamides is 1. The van der Waals surface area contributed by atoms with E-state index in [1.807, 2.05) is 4.72 Å². The lowest BCUT2D eigenvalue weighted by Gasteiger charge is -2.12. The maximum atomic E-state index is 13.8. The van der Waals surface area contributed by atoms with E-state index >= 15 is 0 Å². The minimum absolute atomic E-state index is 0.0993. The van der Waals surface area contributed by atoms with E-state index in [2.05, 4.69) is 0 Å². The lowest BCUT2D eigenvalue weighted by atomic mass is 10.2. The number of nitrogens with two attached hydrogens (primary N) is 1. The van der Waals surface area contributed by atoms with Crippen LogP contribution in [-0.2, 0) is 10.0 Å². The van der Waals surface area contributed by atoms with E-state index in [0.717, 1.165) is 30.3 Å². The first-order valence-electron chi connectivity index (χ1n) is 6.15. The van der Waals surface area contributed by atoms with Gasteiger partial charge in [0.25, 0.3) is 15.7 Å². The minimum Gasteiger partial charge on any atom is -0.394 e. The number of aryl methyl sites for hydroxylation is 1. The van der Waals surface area contributed by atoms with Gasteiger partial charge in [-0.3, -0.25) is 14.8 Å². The quantitative estimate of drug-likeness (QED) is 0.503. The van der Waals surface area contributed by atoms with E-state index in [4.69, 9.17) is 5.73 Å². The van der Waals surface area contributed by atoms with E-state index < -0.39 is 38.0 Å². The maximum absolute atomic E-state index is 13.8. The van der Waals surface area contributed by atoms with Crippen molar-refractivity contribution in [3.05, 3.63) is 57.6 Å². The van der Waals surface area contributed by atoms with Crippen molar-refractivity contribution in [2.24, 2.45) is 0 Å². The summed E-state index contributed by atoms with van der Waals surface area (Å²) in [6, 6.07) is 4.82. The standard InChI is InChI=1S/C13H11F2N3O4S/c1-7-6-8(18(19)20)2-5-11(7)23(21,22)17-10-4-3-9(14)13(16)12(10)15/h2-6,17H,16H2,1H3. The van der Waals surface area contributed by atoms with Crippen molar-refractivity contribution in [1.29, 1.82) is 0 Å². The molecule has 2 rings (SSSR count). The summed E-state index contributed by atoms with van der Waals surface area (Å²) in [5.41, 5.74) is 3.64. The molecule has 0 saturated carbocycles. The summed E-state index contributed by atoms with van der Waals surface area (Å²) in [6.45, 7) is 1.36. The zero-order valence-electron chi connectivity index (χ0n) is 11.7. The number of nitrogens with zero attached hydrogens (tertiary/aromatic N) is 1. The van der Waals surface area contributed by atoms with Crippen LogP contribution in [0.2, 0.25) is 0 Å². The van der Waals surface area contributed by atoms with Crippen LogP contribution in [0.4, 0.5) is 25.8 Å². The molecule has 0 aliphatic rings. The molecule has 0 radical (unpaired) electrons. The first-order chi connectivity index (χ1) is 10.6. The highest BCUT2D eigenvalue weighted by atomic mass is 32.2. The number of nitrogen functional groups attached to an aromatic ring is 1. The molecule has 2 aromatic rings. The summed E-state index contributed by atoms with van der Waals surface area (Å²) in [5.74, 6) is -2.26. The van der Waals surface area contributed by atoms with E-state index in [0.29, 0.717) is 0 Å². The molecule has 0 unspecified atom stereocenters. The van der Waals surface area contributed by atoms with Crippen LogP contribution in [0, 0.1) is 28.7 Å². The second kappa shape index (κ2) is 5.80. The molecule has 3 N–H and O–H groups in total. The van der Waals surface area contributed by atoms with Crippen molar-refractivity contribution in [1.82, 2.24) is 0 Å². The number of nitro groups is 1. The summed E-state index contributed by atoms with van der Waals surface area (Å²) in [7, 11) is -4.23. The highest BCUT2D eigenvalue weighted by Crippen LogP contribution is 2.27. The van der Waals surface area contributed by atoms with Crippen molar-refractivity contribution < 1.29 is 22.1 Å². The van der Waals surface area contributed by atoms with Gasteiger partial charge in [-0.2, -0.15) is 0 Å². The second-order valence-corrected chi connectivity index (χ2v) is 6.29. The van der Waals surface area contributed by atoms with Crippen molar-refractivity contribution in [3.8, 4) is 0 Å². The average molecular weight is 343 g/mol. The van der Waals surface area contributed by atoms with Gasteiger partial charge in [0.1, 0.15) is 11.5 Å². The number of benzene rings is 2. The van der Waals surface area contributed by atoms with E-state index in [1.54, 1.807) is 0 Å². The molecule has 0 amide bonds. The van der Waals surface area contributed by atoms with E-state index in [1.165, 1.54) is 6.92 Å². The second-order valence-electron chi connectivity index (χ2n) is 4.64. The van der Waals surface area contributed by atoms with Gasteiger partial charge >= 0.3 is 0 Å². The van der Waals surface area contributed by atoms with Crippen LogP contribution in [-0.4, -0.2) is 13.3 Å². The Morgan fingerprint density at radius 3 is 2.43 bits per heavy atom. The first kappa shape index (κ1) is 16.6. The number of rotatable bonds is 4. The number of nitro benzene ring substituents is 1. The van der Waals surface area contributed by atoms with Gasteiger partial charge in [-0.15, -0.1) is 0 Å². The Morgan fingerprint density at radius 1 is 1.22 bits per heavy atom. The third-order valence-electron chi connectivity index (χ3n) is 3.03. The molecular formula is C13H11F2N3O4S. The number of hydrogen-bond acceptors (Lipinski definition) is 5. The monoisotopic (exact) mass is 343 g/mol. The summed E-state index contributed by atoms with van der Waals surface area (Å²) < 4.78 is 53.4. The van der Waals surface area contributed by atoms with Crippen LogP contribution in [0.5, 0.6) is 0 Å². The molecule has 23 heavy (non-hydrogen) atoms. The fraction of sp³-hybridized carbons (Fsp3) is 0.0769. The predicted molar refractivity (Wildman–Crippen MR) is 79.4 cm³/mol. The molecule has 0 aromatic heterocycles. The largest absolute Gasteiger partial charge is 0.394 e. The van der Waals surface area contributed by atoms with Crippen LogP contribution in [0.15, 0.2) is 35.2 Å². The van der Waals surface area contributed by atoms with Crippen LogP contribution >= 0.6 is 0 Å². The SMILES string of the molecule is Cc1cc([N+](=O)[O-])ccc1S(=O)(=O)Nc1ccc(F)c(N)c1F. The summed E-state index contributed by atoms with van der Waals surface area (Å²) in [4.78, 5) is 9.72. The molecule has 2 aromatic carbocycles. The molecule has 0 bridgehead atoms. The minimum atomic E-state index is -4.23. The average Bonchev–Trinajstić information content (AvgIpc) is 2.47. The highest BCUT2D eigenvalue weighted by Gasteiger charge is 2.22. The first-order valence-corrected chi connectivity index (χ1v) is 7.63. The predicted octanol–water partition coefficient (Wildman–Crippen LogP) is 2.56. The van der Waals surface area contributed by atoms with Crippen molar-refractivity contribution in [2.75, 3.05) is 10.5 Å². The molecule has 0 aliphatic carbocycles. The van der Waals surface area contributed by atoms with Crippen LogP contribution in [0.3, 0.4) is 0 Å². The smallest absolute Gasteiger partial charge is 0.269 e. The molecule has 0 heterocycles. The molecule has 10 heteroatoms. The molecule has 0 saturated heterocycles. The zero-order chi connectivity index (χ0) is 17.4. The number of non-ortho nitro benzene ring substituents is 1. The number of hydrogen-bond donors (Lipinski definition) is 2. The normalized spacial score (nSPS) is 11.3. The fourth-order valence-electron chi connectivity index (χ4n) is 1.90. The third kappa shape index (κ3) is 3.21. The summed E-state index contributed by atoms with van der Waals surface area (Å²) in [5, 5.41) is 10.7. The molecular weight excluding hydrogens is 332 g/mol. The van der Waals surface area contributed by atoms with Crippen molar-refractivity contribution in [2.45, 2.75) is 11.8 Å². The fourth-order valence-corrected chi connectivity index (χ4v) is 3.18. The Hall–Kier alpha value is -2.75. The van der Waals surface area contributed by atoms with E-state index in [-0.39, 0.29) is 16.1 Å². The Kier molecular flexibility index (Phi) is 4.19. The zero-order valence-corrected chi connectivity index (χ0v) is 12.5. The highest BCUT2D eigenvalue weighted by molar-refractivity contribution is 7.92. The van der Waals surface area contributed by atoms with Crippen LogP contribution in [0.25, 0.3) is 0 Å². The topological polar surface area (TPSA) is 115 Å². The Labute approximate surface area is 129 Å². The van der Waals surface area contributed by atoms with Gasteiger partial charge in [0, 0.05) is 12.1 Å². The maximum Gasteiger partial charge on any atom is 0.269 e. The van der Waals surface area contributed by atoms with Gasteiger partial charge in [0.2, 0.25) is 0 Å². The molecule has 122 valence electrons. The van der Waals surface area contributed by atoms with Gasteiger partial charge in [-0.25, -0.2) is 17.2 Å². The molecule has 7 nitrogen and oxygen atoms in total. The van der Waals surface area contributed by atoms with Crippen LogP contribution < -0.4 is 10.5 Å². The number of anilines is 2. The van der Waals surface area contributed by atoms with Crippen molar-refractivity contribution >= 4 is 27.1 Å². The van der Waals surface area contributed by atoms with Crippen LogP contribution in [0.1, 0.15) is 5.56 Å². The van der Waals surface area contributed by atoms with Gasteiger partial charge in [0.15, 0.2) is 5.82 Å². The summed E-state index contributed by atoms with van der Waals surface area (Å²) >= 11 is 0. The lowest BCUT2D eigenvalue weighted by Crippen LogP contribution is -2.16. The van der Waals surface area contributed by atoms with Gasteiger partial charge < -0.3 is 5.73 Å². The van der Waals surface area contributed by atoms with Crippen molar-refractivity contribution in [3.63, 3.8) is 0 Å².